The maximum absolute atomic E-state index is 13.8. The second-order valence-electron chi connectivity index (χ2n) is 8.17. The molecule has 4 nitrogen and oxygen atoms in total. The lowest BCUT2D eigenvalue weighted by Crippen LogP contribution is -2.42. The Hall–Kier alpha value is -1.93. The van der Waals surface area contributed by atoms with Gasteiger partial charge in [0.25, 0.3) is 0 Å². The van der Waals surface area contributed by atoms with Crippen LogP contribution >= 0.6 is 34.5 Å². The summed E-state index contributed by atoms with van der Waals surface area (Å²) < 4.78 is 18.2. The molecule has 162 valence electrons. The summed E-state index contributed by atoms with van der Waals surface area (Å²) in [5.41, 5.74) is 3.04. The highest BCUT2D eigenvalue weighted by molar-refractivity contribution is 14.1. The van der Waals surface area contributed by atoms with Crippen molar-refractivity contribution >= 4 is 57.0 Å². The van der Waals surface area contributed by atoms with Gasteiger partial charge in [-0.25, -0.2) is 4.39 Å². The second-order valence-corrected chi connectivity index (χ2v) is 9.09. The predicted molar refractivity (Wildman–Crippen MR) is 136 cm³/mol. The van der Waals surface area contributed by atoms with E-state index < -0.39 is 0 Å². The molecule has 1 aliphatic carbocycles. The molecule has 0 aliphatic heterocycles. The molecule has 1 heterocycles. The second kappa shape index (κ2) is 10.1. The Bertz CT molecular complexity index is 1060. The van der Waals surface area contributed by atoms with Crippen LogP contribution in [0, 0.1) is 11.7 Å². The van der Waals surface area contributed by atoms with Crippen LogP contribution < -0.4 is 10.6 Å². The fourth-order valence-electron chi connectivity index (χ4n) is 4.51. The summed E-state index contributed by atoms with van der Waals surface area (Å²) in [4.78, 5) is 4.40. The first-order valence-electron chi connectivity index (χ1n) is 10.6. The van der Waals surface area contributed by atoms with Crippen LogP contribution in [0.4, 0.5) is 10.1 Å². The zero-order valence-electron chi connectivity index (χ0n) is 17.3. The predicted octanol–water partition coefficient (Wildman–Crippen LogP) is 7.10. The highest BCUT2D eigenvalue weighted by Gasteiger charge is 2.27. The summed E-state index contributed by atoms with van der Waals surface area (Å²) in [6.45, 7) is 2.22. The first-order chi connectivity index (χ1) is 15.0. The molecule has 4 rings (SSSR count). The molecular weight excluding hydrogens is 526 g/mol. The number of hydrogen-bond donors (Lipinski definition) is 2. The van der Waals surface area contributed by atoms with Gasteiger partial charge in [-0.05, 0) is 98.5 Å². The number of fused-ring (bicyclic) bond motifs is 1. The van der Waals surface area contributed by atoms with E-state index in [0.29, 0.717) is 22.9 Å². The van der Waals surface area contributed by atoms with Gasteiger partial charge in [-0.3, -0.25) is 4.98 Å². The van der Waals surface area contributed by atoms with Crippen molar-refractivity contribution in [2.45, 2.75) is 44.6 Å². The lowest BCUT2D eigenvalue weighted by atomic mass is 9.75. The summed E-state index contributed by atoms with van der Waals surface area (Å²) >= 11 is 7.98. The summed E-state index contributed by atoms with van der Waals surface area (Å²) in [5, 5.41) is 8.50. The van der Waals surface area contributed by atoms with E-state index in [0.717, 1.165) is 48.2 Å². The number of hydrogen-bond acceptors (Lipinski definition) is 2. The van der Waals surface area contributed by atoms with Crippen molar-refractivity contribution in [1.82, 2.24) is 10.3 Å². The largest absolute Gasteiger partial charge is 0.353 e. The molecule has 31 heavy (non-hydrogen) atoms. The number of guanidine groups is 1. The van der Waals surface area contributed by atoms with E-state index in [-0.39, 0.29) is 5.82 Å². The number of anilines is 1. The van der Waals surface area contributed by atoms with Crippen molar-refractivity contribution in [3.05, 3.63) is 71.1 Å². The maximum atomic E-state index is 13.8. The van der Waals surface area contributed by atoms with E-state index in [9.17, 15) is 4.39 Å². The molecule has 0 amide bonds. The molecule has 3 aromatic rings. The quantitative estimate of drug-likeness (QED) is 0.207. The van der Waals surface area contributed by atoms with E-state index in [1.807, 2.05) is 53.3 Å². The molecule has 0 spiro atoms. The van der Waals surface area contributed by atoms with Crippen molar-refractivity contribution in [2.75, 3.05) is 5.32 Å². The first-order valence-corrected chi connectivity index (χ1v) is 11.9. The average molecular weight is 551 g/mol. The molecule has 2 aromatic carbocycles. The maximum Gasteiger partial charge on any atom is 0.206 e. The molecule has 1 unspecified atom stereocenters. The SMILES string of the molecule is CC(N/C(=N/I)Nc1ccc(Cl)cc1)C1CCC(c2ccnc3ccc(F)cc23)CC1. The Morgan fingerprint density at radius 3 is 2.58 bits per heavy atom. The Morgan fingerprint density at radius 1 is 1.13 bits per heavy atom. The van der Waals surface area contributed by atoms with Crippen LogP contribution in [0.15, 0.2) is 57.9 Å². The van der Waals surface area contributed by atoms with Gasteiger partial charge in [-0.2, -0.15) is 3.21 Å². The number of benzene rings is 2. The summed E-state index contributed by atoms with van der Waals surface area (Å²) in [5.74, 6) is 1.54. The Balaban J connectivity index is 1.37. The third kappa shape index (κ3) is 5.47. The molecular formula is C24H25ClFIN4. The van der Waals surface area contributed by atoms with E-state index in [1.165, 1.54) is 11.6 Å². The highest BCUT2D eigenvalue weighted by Crippen LogP contribution is 2.39. The molecule has 0 bridgehead atoms. The van der Waals surface area contributed by atoms with Crippen molar-refractivity contribution < 1.29 is 4.39 Å². The summed E-state index contributed by atoms with van der Waals surface area (Å²) in [6.07, 6.45) is 6.26. The van der Waals surface area contributed by atoms with Crippen molar-refractivity contribution in [3.8, 4) is 0 Å². The third-order valence-corrected chi connectivity index (χ3v) is 6.95. The molecule has 7 heteroatoms. The van der Waals surface area contributed by atoms with Crippen LogP contribution in [0.2, 0.25) is 5.02 Å². The van der Waals surface area contributed by atoms with Gasteiger partial charge in [-0.15, -0.1) is 0 Å². The van der Waals surface area contributed by atoms with E-state index in [1.54, 1.807) is 12.1 Å². The zero-order chi connectivity index (χ0) is 21.8. The van der Waals surface area contributed by atoms with Crippen molar-refractivity contribution in [3.63, 3.8) is 0 Å². The normalized spacial score (nSPS) is 20.5. The lowest BCUT2D eigenvalue weighted by molar-refractivity contribution is 0.280. The van der Waals surface area contributed by atoms with Crippen LogP contribution in [0.1, 0.15) is 44.1 Å². The molecule has 0 radical (unpaired) electrons. The number of pyridine rings is 1. The van der Waals surface area contributed by atoms with Gasteiger partial charge >= 0.3 is 0 Å². The summed E-state index contributed by atoms with van der Waals surface area (Å²) in [7, 11) is 0. The third-order valence-electron chi connectivity index (χ3n) is 6.21. The minimum Gasteiger partial charge on any atom is -0.353 e. The minimum atomic E-state index is -0.202. The number of rotatable bonds is 4. The fraction of sp³-hybridized carbons (Fsp3) is 0.333. The van der Waals surface area contributed by atoms with Crippen LogP contribution in [0.5, 0.6) is 0 Å². The molecule has 1 aromatic heterocycles. The van der Waals surface area contributed by atoms with Gasteiger partial charge < -0.3 is 10.6 Å². The van der Waals surface area contributed by atoms with Gasteiger partial charge in [0.1, 0.15) is 5.82 Å². The molecule has 2 N–H and O–H groups in total. The van der Waals surface area contributed by atoms with Crippen LogP contribution in [0.25, 0.3) is 10.9 Å². The van der Waals surface area contributed by atoms with Gasteiger partial charge in [-0.1, -0.05) is 11.6 Å². The molecule has 1 atom stereocenters. The topological polar surface area (TPSA) is 49.3 Å². The molecule has 1 saturated carbocycles. The van der Waals surface area contributed by atoms with Crippen molar-refractivity contribution in [2.24, 2.45) is 9.12 Å². The number of nitrogens with zero attached hydrogens (tertiary/aromatic N) is 2. The first kappa shape index (κ1) is 22.3. The van der Waals surface area contributed by atoms with Crippen LogP contribution in [-0.2, 0) is 0 Å². The van der Waals surface area contributed by atoms with E-state index in [4.69, 9.17) is 11.6 Å². The zero-order valence-corrected chi connectivity index (χ0v) is 20.2. The van der Waals surface area contributed by atoms with Crippen LogP contribution in [-0.4, -0.2) is 17.0 Å². The van der Waals surface area contributed by atoms with Gasteiger partial charge in [0.15, 0.2) is 0 Å². The van der Waals surface area contributed by atoms with E-state index in [2.05, 4.69) is 31.8 Å². The van der Waals surface area contributed by atoms with Crippen LogP contribution in [0.3, 0.4) is 0 Å². The number of nitrogens with one attached hydrogen (secondary N) is 2. The smallest absolute Gasteiger partial charge is 0.206 e. The monoisotopic (exact) mass is 550 g/mol. The molecule has 1 fully saturated rings. The highest BCUT2D eigenvalue weighted by atomic mass is 127. The molecule has 0 saturated heterocycles. The Morgan fingerprint density at radius 2 is 1.87 bits per heavy atom. The van der Waals surface area contributed by atoms with Gasteiger partial charge in [0.2, 0.25) is 5.96 Å². The standard InChI is InChI=1S/C24H25ClFIN4/c1-15(29-24(31-27)30-20-9-6-18(25)7-10-20)16-2-4-17(5-3-16)21-12-13-28-23-11-8-19(26)14-22(21)23/h6-17H,2-5H2,1H3,(H2,29,30,31). The van der Waals surface area contributed by atoms with E-state index >= 15 is 0 Å². The van der Waals surface area contributed by atoms with Gasteiger partial charge in [0, 0.05) is 28.3 Å². The van der Waals surface area contributed by atoms with Gasteiger partial charge in [0.05, 0.1) is 28.4 Å². The Labute approximate surface area is 201 Å². The number of aromatic nitrogens is 1. The minimum absolute atomic E-state index is 0.202. The summed E-state index contributed by atoms with van der Waals surface area (Å²) in [6, 6.07) is 14.8. The fourth-order valence-corrected chi connectivity index (χ4v) is 4.90. The Kier molecular flexibility index (Phi) is 7.27. The lowest BCUT2D eigenvalue weighted by Gasteiger charge is -2.33. The average Bonchev–Trinajstić information content (AvgIpc) is 2.79. The van der Waals surface area contributed by atoms with Crippen molar-refractivity contribution in [1.29, 1.82) is 0 Å². The number of halogens is 3. The molecule has 1 aliphatic rings.